The zero-order chi connectivity index (χ0) is 14.9. The topological polar surface area (TPSA) is 53.1 Å². The highest BCUT2D eigenvalue weighted by molar-refractivity contribution is 5.95. The van der Waals surface area contributed by atoms with Crippen molar-refractivity contribution in [2.24, 2.45) is 11.1 Å². The molecule has 1 aromatic rings. The molecule has 1 spiro atoms. The largest absolute Gasteiger partial charge is 0.384 e. The number of rotatable bonds is 3. The summed E-state index contributed by atoms with van der Waals surface area (Å²) in [5.41, 5.74) is 9.72. The first kappa shape index (κ1) is 14.6. The number of aryl methyl sites for hydroxylation is 1. The number of amidine groups is 1. The summed E-state index contributed by atoms with van der Waals surface area (Å²) in [6, 6.07) is 6.17. The van der Waals surface area contributed by atoms with Gasteiger partial charge in [-0.1, -0.05) is 25.0 Å². The van der Waals surface area contributed by atoms with E-state index in [1.807, 2.05) is 12.1 Å². The molecule has 3 rings (SSSR count). The molecule has 2 aliphatic rings. The number of hydrogen-bond donors (Lipinski definition) is 2. The van der Waals surface area contributed by atoms with E-state index in [4.69, 9.17) is 11.1 Å². The summed E-state index contributed by atoms with van der Waals surface area (Å²) in [5.74, 6) is 0.158. The fourth-order valence-electron chi connectivity index (χ4n) is 4.09. The van der Waals surface area contributed by atoms with E-state index in [0.29, 0.717) is 5.41 Å². The Kier molecular flexibility index (Phi) is 4.03. The Balaban J connectivity index is 1.61. The van der Waals surface area contributed by atoms with E-state index in [1.165, 1.54) is 62.7 Å². The molecule has 0 atom stereocenters. The lowest BCUT2D eigenvalue weighted by atomic mass is 9.77. The Morgan fingerprint density at radius 3 is 2.43 bits per heavy atom. The summed E-state index contributed by atoms with van der Waals surface area (Å²) in [5, 5.41) is 7.51. The predicted octanol–water partition coefficient (Wildman–Crippen LogP) is 3.44. The molecule has 1 saturated heterocycles. The number of nitrogens with one attached hydrogen (secondary N) is 1. The van der Waals surface area contributed by atoms with Crippen molar-refractivity contribution in [3.8, 4) is 0 Å². The minimum Gasteiger partial charge on any atom is -0.384 e. The van der Waals surface area contributed by atoms with Gasteiger partial charge in [0.15, 0.2) is 0 Å². The van der Waals surface area contributed by atoms with Gasteiger partial charge in [0.05, 0.1) is 0 Å². The molecule has 1 saturated carbocycles. The van der Waals surface area contributed by atoms with Crippen LogP contribution in [0.2, 0.25) is 0 Å². The maximum Gasteiger partial charge on any atom is 0.122 e. The molecule has 1 heterocycles. The number of likely N-dealkylation sites (tertiary alicyclic amines) is 1. The van der Waals surface area contributed by atoms with Crippen LogP contribution in [0.15, 0.2) is 18.2 Å². The quantitative estimate of drug-likeness (QED) is 0.660. The molecular weight excluding hydrogens is 258 g/mol. The van der Waals surface area contributed by atoms with Crippen LogP contribution in [0.5, 0.6) is 0 Å². The van der Waals surface area contributed by atoms with Crippen molar-refractivity contribution in [3.63, 3.8) is 0 Å². The minimum absolute atomic E-state index is 0.158. The average molecular weight is 285 g/mol. The lowest BCUT2D eigenvalue weighted by molar-refractivity contribution is 0.103. The Bertz CT molecular complexity index is 519. The second-order valence-electron chi connectivity index (χ2n) is 7.04. The number of piperidine rings is 1. The van der Waals surface area contributed by atoms with Gasteiger partial charge in [0.2, 0.25) is 0 Å². The first-order chi connectivity index (χ1) is 10.1. The van der Waals surface area contributed by atoms with E-state index >= 15 is 0 Å². The summed E-state index contributed by atoms with van der Waals surface area (Å²) < 4.78 is 0. The summed E-state index contributed by atoms with van der Waals surface area (Å²) in [6.45, 7) is 5.66. The van der Waals surface area contributed by atoms with Crippen LogP contribution >= 0.6 is 0 Å². The molecule has 3 nitrogen and oxygen atoms in total. The smallest absolute Gasteiger partial charge is 0.122 e. The molecule has 2 fully saturated rings. The normalized spacial score (nSPS) is 21.8. The van der Waals surface area contributed by atoms with Crippen LogP contribution in [0, 0.1) is 17.7 Å². The van der Waals surface area contributed by atoms with E-state index in [-0.39, 0.29) is 5.84 Å². The van der Waals surface area contributed by atoms with Crippen LogP contribution in [0.25, 0.3) is 0 Å². The third-order valence-electron chi connectivity index (χ3n) is 5.63. The monoisotopic (exact) mass is 285 g/mol. The minimum atomic E-state index is 0.158. The average Bonchev–Trinajstić information content (AvgIpc) is 2.92. The first-order valence-electron chi connectivity index (χ1n) is 8.24. The number of hydrogen-bond acceptors (Lipinski definition) is 2. The molecule has 0 aromatic heterocycles. The maximum absolute atomic E-state index is 7.51. The SMILES string of the molecule is Cc1cc(C(=N)N)ccc1CN1CCC2(CCCC2)CC1. The third-order valence-corrected chi connectivity index (χ3v) is 5.63. The fourth-order valence-corrected chi connectivity index (χ4v) is 4.09. The molecule has 21 heavy (non-hydrogen) atoms. The van der Waals surface area contributed by atoms with Gasteiger partial charge in [0.25, 0.3) is 0 Å². The van der Waals surface area contributed by atoms with Crippen LogP contribution in [0.1, 0.15) is 55.2 Å². The third kappa shape index (κ3) is 3.13. The van der Waals surface area contributed by atoms with Gasteiger partial charge in [-0.15, -0.1) is 0 Å². The van der Waals surface area contributed by atoms with Crippen molar-refractivity contribution >= 4 is 5.84 Å². The number of nitrogens with zero attached hydrogens (tertiary/aromatic N) is 1. The second kappa shape index (κ2) is 5.80. The van der Waals surface area contributed by atoms with Gasteiger partial charge >= 0.3 is 0 Å². The predicted molar refractivity (Wildman–Crippen MR) is 87.6 cm³/mol. The van der Waals surface area contributed by atoms with Crippen LogP contribution in [0.3, 0.4) is 0 Å². The molecule has 0 bridgehead atoms. The van der Waals surface area contributed by atoms with Gasteiger partial charge in [-0.3, -0.25) is 10.3 Å². The number of benzene rings is 1. The Morgan fingerprint density at radius 1 is 1.19 bits per heavy atom. The van der Waals surface area contributed by atoms with E-state index < -0.39 is 0 Å². The molecule has 0 unspecified atom stereocenters. The Hall–Kier alpha value is -1.35. The zero-order valence-electron chi connectivity index (χ0n) is 13.1. The molecule has 0 radical (unpaired) electrons. The van der Waals surface area contributed by atoms with Gasteiger partial charge in [-0.25, -0.2) is 0 Å². The van der Waals surface area contributed by atoms with Crippen molar-refractivity contribution in [1.29, 1.82) is 5.41 Å². The molecule has 1 aliphatic carbocycles. The lowest BCUT2D eigenvalue weighted by Crippen LogP contribution is -2.38. The lowest BCUT2D eigenvalue weighted by Gasteiger charge is -2.39. The summed E-state index contributed by atoms with van der Waals surface area (Å²) in [4.78, 5) is 2.60. The van der Waals surface area contributed by atoms with E-state index in [2.05, 4.69) is 17.9 Å². The Labute approximate surface area is 128 Å². The van der Waals surface area contributed by atoms with Gasteiger partial charge in [-0.2, -0.15) is 0 Å². The molecule has 0 amide bonds. The zero-order valence-corrected chi connectivity index (χ0v) is 13.1. The van der Waals surface area contributed by atoms with Crippen molar-refractivity contribution in [1.82, 2.24) is 4.90 Å². The number of nitrogen functional groups attached to an aromatic ring is 1. The van der Waals surface area contributed by atoms with Crippen molar-refractivity contribution in [2.45, 2.75) is 52.0 Å². The van der Waals surface area contributed by atoms with E-state index in [1.54, 1.807) is 0 Å². The van der Waals surface area contributed by atoms with Crippen molar-refractivity contribution < 1.29 is 0 Å². The van der Waals surface area contributed by atoms with Crippen LogP contribution in [0.4, 0.5) is 0 Å². The fraction of sp³-hybridized carbons (Fsp3) is 0.611. The first-order valence-corrected chi connectivity index (χ1v) is 8.24. The van der Waals surface area contributed by atoms with Gasteiger partial charge in [-0.05, 0) is 68.3 Å². The van der Waals surface area contributed by atoms with Crippen molar-refractivity contribution in [2.75, 3.05) is 13.1 Å². The maximum atomic E-state index is 7.51. The molecule has 3 heteroatoms. The van der Waals surface area contributed by atoms with Crippen molar-refractivity contribution in [3.05, 3.63) is 34.9 Å². The molecule has 1 aliphatic heterocycles. The highest BCUT2D eigenvalue weighted by atomic mass is 15.1. The van der Waals surface area contributed by atoms with Gasteiger partial charge in [0.1, 0.15) is 5.84 Å². The molecule has 114 valence electrons. The highest BCUT2D eigenvalue weighted by Gasteiger charge is 2.36. The summed E-state index contributed by atoms with van der Waals surface area (Å²) >= 11 is 0. The Morgan fingerprint density at radius 2 is 1.86 bits per heavy atom. The van der Waals surface area contributed by atoms with E-state index in [9.17, 15) is 0 Å². The van der Waals surface area contributed by atoms with E-state index in [0.717, 1.165) is 12.1 Å². The molecule has 3 N–H and O–H groups in total. The molecular formula is C18H27N3. The standard InChI is InChI=1S/C18H27N3/c1-14-12-15(17(19)20)4-5-16(14)13-21-10-8-18(9-11-21)6-2-3-7-18/h4-5,12H,2-3,6-11,13H2,1H3,(H3,19,20). The highest BCUT2D eigenvalue weighted by Crippen LogP contribution is 2.46. The van der Waals surface area contributed by atoms with Gasteiger partial charge < -0.3 is 5.73 Å². The summed E-state index contributed by atoms with van der Waals surface area (Å²) in [7, 11) is 0. The molecule has 1 aromatic carbocycles. The number of nitrogens with two attached hydrogens (primary N) is 1. The van der Waals surface area contributed by atoms with Crippen LogP contribution in [-0.2, 0) is 6.54 Å². The summed E-state index contributed by atoms with van der Waals surface area (Å²) in [6.07, 6.45) is 8.60. The van der Waals surface area contributed by atoms with Crippen LogP contribution < -0.4 is 5.73 Å². The van der Waals surface area contributed by atoms with Crippen LogP contribution in [-0.4, -0.2) is 23.8 Å². The second-order valence-corrected chi connectivity index (χ2v) is 7.04. The van der Waals surface area contributed by atoms with Gasteiger partial charge in [0, 0.05) is 12.1 Å².